The third-order valence-corrected chi connectivity index (χ3v) is 2.67. The summed E-state index contributed by atoms with van der Waals surface area (Å²) in [5, 5.41) is 2.64. The van der Waals surface area contributed by atoms with Crippen LogP contribution in [0.2, 0.25) is 0 Å². The second-order valence-corrected chi connectivity index (χ2v) is 5.76. The lowest BCUT2D eigenvalue weighted by Crippen LogP contribution is -2.37. The van der Waals surface area contributed by atoms with Crippen molar-refractivity contribution in [2.75, 3.05) is 6.54 Å². The van der Waals surface area contributed by atoms with E-state index >= 15 is 0 Å². The summed E-state index contributed by atoms with van der Waals surface area (Å²) in [5.74, 6) is -0.239. The Hall–Kier alpha value is -1.91. The highest BCUT2D eigenvalue weighted by molar-refractivity contribution is 5.79. The first-order valence-corrected chi connectivity index (χ1v) is 6.64. The number of pyridine rings is 1. The van der Waals surface area contributed by atoms with Crippen molar-refractivity contribution in [2.45, 2.75) is 39.7 Å². The van der Waals surface area contributed by atoms with Gasteiger partial charge in [-0.15, -0.1) is 0 Å². The first-order chi connectivity index (χ1) is 9.28. The van der Waals surface area contributed by atoms with Gasteiger partial charge in [-0.25, -0.2) is 4.79 Å². The van der Waals surface area contributed by atoms with Crippen molar-refractivity contribution in [2.24, 2.45) is 5.92 Å². The van der Waals surface area contributed by atoms with Gasteiger partial charge in [-0.05, 0) is 45.7 Å². The summed E-state index contributed by atoms with van der Waals surface area (Å²) in [6.07, 6.45) is 3.46. The summed E-state index contributed by atoms with van der Waals surface area (Å²) in [6.45, 7) is 7.18. The number of nitrogens with zero attached hydrogens (tertiary/aromatic N) is 1. The highest BCUT2D eigenvalue weighted by Crippen LogP contribution is 2.10. The second kappa shape index (κ2) is 7.03. The van der Waals surface area contributed by atoms with Gasteiger partial charge in [-0.1, -0.05) is 6.07 Å². The largest absolute Gasteiger partial charge is 0.444 e. The smallest absolute Gasteiger partial charge is 0.407 e. The lowest BCUT2D eigenvalue weighted by molar-refractivity contribution is -0.120. The standard InChI is InChI=1S/C15H22N2O3/c1-11(18)13(8-12-6-5-7-16-9-12)10-17-14(19)20-15(2,3)4/h5-7,9,13H,8,10H2,1-4H3,(H,17,19). The molecule has 110 valence electrons. The minimum atomic E-state index is -0.543. The van der Waals surface area contributed by atoms with E-state index in [4.69, 9.17) is 4.74 Å². The van der Waals surface area contributed by atoms with Gasteiger partial charge >= 0.3 is 6.09 Å². The number of carbonyl (C=O) groups is 2. The number of ketones is 1. The maximum absolute atomic E-state index is 11.6. The Balaban J connectivity index is 2.52. The molecule has 0 fully saturated rings. The number of hydrogen-bond acceptors (Lipinski definition) is 4. The van der Waals surface area contributed by atoms with Crippen molar-refractivity contribution in [3.8, 4) is 0 Å². The molecule has 0 radical (unpaired) electrons. The molecular formula is C15H22N2O3. The molecule has 0 aliphatic heterocycles. The Labute approximate surface area is 119 Å². The zero-order chi connectivity index (χ0) is 15.2. The molecule has 1 heterocycles. The molecule has 1 aromatic rings. The average molecular weight is 278 g/mol. The summed E-state index contributed by atoms with van der Waals surface area (Å²) >= 11 is 0. The Morgan fingerprint density at radius 1 is 1.40 bits per heavy atom. The molecule has 0 aliphatic carbocycles. The van der Waals surface area contributed by atoms with E-state index in [1.807, 2.05) is 12.1 Å². The topological polar surface area (TPSA) is 68.3 Å². The first-order valence-electron chi connectivity index (χ1n) is 6.64. The normalized spacial score (nSPS) is 12.6. The molecule has 1 aromatic heterocycles. The number of amides is 1. The predicted octanol–water partition coefficient (Wildman–Crippen LogP) is 2.35. The van der Waals surface area contributed by atoms with Crippen molar-refractivity contribution in [3.05, 3.63) is 30.1 Å². The van der Waals surface area contributed by atoms with Crippen LogP contribution in [-0.4, -0.2) is 29.0 Å². The molecule has 1 atom stereocenters. The predicted molar refractivity (Wildman–Crippen MR) is 76.3 cm³/mol. The third kappa shape index (κ3) is 6.31. The van der Waals surface area contributed by atoms with Crippen LogP contribution in [0.15, 0.2) is 24.5 Å². The van der Waals surface area contributed by atoms with Gasteiger partial charge in [0.25, 0.3) is 0 Å². The summed E-state index contributed by atoms with van der Waals surface area (Å²) < 4.78 is 5.14. The van der Waals surface area contributed by atoms with Crippen molar-refractivity contribution in [3.63, 3.8) is 0 Å². The number of carbonyl (C=O) groups excluding carboxylic acids is 2. The number of Topliss-reactive ketones (excluding diaryl/α,β-unsaturated/α-hetero) is 1. The molecule has 0 bridgehead atoms. The molecule has 0 saturated heterocycles. The van der Waals surface area contributed by atoms with Crippen LogP contribution in [0.1, 0.15) is 33.3 Å². The second-order valence-electron chi connectivity index (χ2n) is 5.76. The van der Waals surface area contributed by atoms with Crippen LogP contribution in [0.5, 0.6) is 0 Å². The van der Waals surface area contributed by atoms with E-state index in [2.05, 4.69) is 10.3 Å². The minimum absolute atomic E-state index is 0.0323. The zero-order valence-corrected chi connectivity index (χ0v) is 12.5. The van der Waals surface area contributed by atoms with E-state index in [1.165, 1.54) is 6.92 Å². The summed E-state index contributed by atoms with van der Waals surface area (Å²) in [7, 11) is 0. The fraction of sp³-hybridized carbons (Fsp3) is 0.533. The molecule has 1 N–H and O–H groups in total. The van der Waals surface area contributed by atoms with Crippen molar-refractivity contribution < 1.29 is 14.3 Å². The molecule has 1 rings (SSSR count). The van der Waals surface area contributed by atoms with E-state index in [1.54, 1.807) is 33.2 Å². The van der Waals surface area contributed by atoms with Crippen LogP contribution < -0.4 is 5.32 Å². The van der Waals surface area contributed by atoms with E-state index in [-0.39, 0.29) is 18.2 Å². The van der Waals surface area contributed by atoms with Gasteiger partial charge in [0.15, 0.2) is 0 Å². The van der Waals surface area contributed by atoms with Crippen LogP contribution in [0, 0.1) is 5.92 Å². The molecule has 20 heavy (non-hydrogen) atoms. The SMILES string of the molecule is CC(=O)C(CNC(=O)OC(C)(C)C)Cc1cccnc1. The highest BCUT2D eigenvalue weighted by atomic mass is 16.6. The maximum atomic E-state index is 11.6. The highest BCUT2D eigenvalue weighted by Gasteiger charge is 2.19. The molecule has 5 heteroatoms. The third-order valence-electron chi connectivity index (χ3n) is 2.67. The quantitative estimate of drug-likeness (QED) is 0.897. The molecule has 1 amide bonds. The van der Waals surface area contributed by atoms with E-state index in [0.29, 0.717) is 6.42 Å². The lowest BCUT2D eigenvalue weighted by Gasteiger charge is -2.21. The van der Waals surface area contributed by atoms with Crippen LogP contribution >= 0.6 is 0 Å². The number of rotatable bonds is 5. The lowest BCUT2D eigenvalue weighted by atomic mass is 9.97. The summed E-state index contributed by atoms with van der Waals surface area (Å²) in [6, 6.07) is 3.74. The number of nitrogens with one attached hydrogen (secondary N) is 1. The van der Waals surface area contributed by atoms with Gasteiger partial charge in [-0.2, -0.15) is 0 Å². The molecular weight excluding hydrogens is 256 g/mol. The fourth-order valence-corrected chi connectivity index (χ4v) is 1.68. The summed E-state index contributed by atoms with van der Waals surface area (Å²) in [4.78, 5) is 27.2. The molecule has 1 unspecified atom stereocenters. The van der Waals surface area contributed by atoms with Gasteiger partial charge in [0, 0.05) is 24.9 Å². The van der Waals surface area contributed by atoms with E-state index < -0.39 is 11.7 Å². The Morgan fingerprint density at radius 2 is 2.10 bits per heavy atom. The zero-order valence-electron chi connectivity index (χ0n) is 12.5. The number of hydrogen-bond donors (Lipinski definition) is 1. The molecule has 0 aromatic carbocycles. The number of alkyl carbamates (subject to hydrolysis) is 1. The number of aromatic nitrogens is 1. The fourth-order valence-electron chi connectivity index (χ4n) is 1.68. The first kappa shape index (κ1) is 16.1. The average Bonchev–Trinajstić information content (AvgIpc) is 2.33. The van der Waals surface area contributed by atoms with Crippen LogP contribution in [0.3, 0.4) is 0 Å². The maximum Gasteiger partial charge on any atom is 0.407 e. The monoisotopic (exact) mass is 278 g/mol. The Morgan fingerprint density at radius 3 is 2.60 bits per heavy atom. The van der Waals surface area contributed by atoms with Crippen molar-refractivity contribution >= 4 is 11.9 Å². The minimum Gasteiger partial charge on any atom is -0.444 e. The van der Waals surface area contributed by atoms with E-state index in [9.17, 15) is 9.59 Å². The van der Waals surface area contributed by atoms with Gasteiger partial charge in [0.2, 0.25) is 0 Å². The Bertz CT molecular complexity index is 452. The molecule has 0 saturated carbocycles. The summed E-state index contributed by atoms with van der Waals surface area (Å²) in [5.41, 5.74) is 0.429. The van der Waals surface area contributed by atoms with Crippen LogP contribution in [0.25, 0.3) is 0 Å². The van der Waals surface area contributed by atoms with Gasteiger partial charge in [-0.3, -0.25) is 9.78 Å². The molecule has 5 nitrogen and oxygen atoms in total. The van der Waals surface area contributed by atoms with E-state index in [0.717, 1.165) is 5.56 Å². The van der Waals surface area contributed by atoms with Gasteiger partial charge in [0.1, 0.15) is 11.4 Å². The Kier molecular flexibility index (Phi) is 5.67. The van der Waals surface area contributed by atoms with Crippen LogP contribution in [-0.2, 0) is 16.0 Å². The van der Waals surface area contributed by atoms with Gasteiger partial charge < -0.3 is 10.1 Å². The van der Waals surface area contributed by atoms with Gasteiger partial charge in [0.05, 0.1) is 0 Å². The van der Waals surface area contributed by atoms with Crippen molar-refractivity contribution in [1.29, 1.82) is 0 Å². The van der Waals surface area contributed by atoms with Crippen LogP contribution in [0.4, 0.5) is 4.79 Å². The number of ether oxygens (including phenoxy) is 1. The molecule has 0 spiro atoms. The van der Waals surface area contributed by atoms with Crippen molar-refractivity contribution in [1.82, 2.24) is 10.3 Å². The molecule has 0 aliphatic rings.